The van der Waals surface area contributed by atoms with Gasteiger partial charge in [0, 0.05) is 18.6 Å². The zero-order valence-corrected chi connectivity index (χ0v) is 10.5. The molecule has 1 saturated carbocycles. The molecule has 2 heterocycles. The summed E-state index contributed by atoms with van der Waals surface area (Å²) in [6.45, 7) is 3.50. The zero-order chi connectivity index (χ0) is 12.5. The zero-order valence-electron chi connectivity index (χ0n) is 10.5. The average Bonchev–Trinajstić information content (AvgIpc) is 3.09. The van der Waals surface area contributed by atoms with Crippen LogP contribution in [-0.2, 0) is 4.74 Å². The molecule has 0 bridgehead atoms. The predicted molar refractivity (Wildman–Crippen MR) is 64.3 cm³/mol. The van der Waals surface area contributed by atoms with Gasteiger partial charge < -0.3 is 14.5 Å². The Bertz CT molecular complexity index is 439. The molecule has 0 radical (unpaired) electrons. The van der Waals surface area contributed by atoms with Crippen molar-refractivity contribution < 1.29 is 13.9 Å². The second kappa shape index (κ2) is 4.72. The van der Waals surface area contributed by atoms with Crippen molar-refractivity contribution in [2.45, 2.75) is 38.1 Å². The molecule has 2 atom stereocenters. The minimum absolute atomic E-state index is 0.131. The van der Waals surface area contributed by atoms with E-state index >= 15 is 0 Å². The Morgan fingerprint density at radius 3 is 3.00 bits per heavy atom. The van der Waals surface area contributed by atoms with E-state index in [9.17, 15) is 4.79 Å². The van der Waals surface area contributed by atoms with Gasteiger partial charge in [-0.1, -0.05) is 6.92 Å². The van der Waals surface area contributed by atoms with Crippen LogP contribution >= 0.6 is 0 Å². The molecule has 1 amide bonds. The Hall–Kier alpha value is -1.36. The largest absolute Gasteiger partial charge is 0.438 e. The highest BCUT2D eigenvalue weighted by molar-refractivity contribution is 5.92. The van der Waals surface area contributed by atoms with Crippen LogP contribution in [0.5, 0.6) is 0 Å². The molecule has 1 aromatic heterocycles. The molecule has 1 saturated heterocycles. The lowest BCUT2D eigenvalue weighted by atomic mass is 9.97. The van der Waals surface area contributed by atoms with Crippen LogP contribution in [0.3, 0.4) is 0 Å². The van der Waals surface area contributed by atoms with Gasteiger partial charge in [0.2, 0.25) is 5.76 Å². The Morgan fingerprint density at radius 1 is 1.44 bits per heavy atom. The van der Waals surface area contributed by atoms with Gasteiger partial charge in [-0.05, 0) is 25.2 Å². The van der Waals surface area contributed by atoms with E-state index in [4.69, 9.17) is 9.15 Å². The van der Waals surface area contributed by atoms with Crippen molar-refractivity contribution >= 4 is 5.91 Å². The molecule has 1 aliphatic heterocycles. The Kier molecular flexibility index (Phi) is 3.07. The number of carbonyl (C=O) groups is 1. The SMILES string of the molecule is CC1COCCC1NC(=O)c1ocnc1C1CC1. The predicted octanol–water partition coefficient (Wildman–Crippen LogP) is 1.71. The lowest BCUT2D eigenvalue weighted by molar-refractivity contribution is 0.0369. The summed E-state index contributed by atoms with van der Waals surface area (Å²) < 4.78 is 10.6. The molecule has 1 N–H and O–H groups in total. The van der Waals surface area contributed by atoms with Gasteiger partial charge in [-0.2, -0.15) is 0 Å². The lowest BCUT2D eigenvalue weighted by Gasteiger charge is -2.29. The van der Waals surface area contributed by atoms with Crippen LogP contribution < -0.4 is 5.32 Å². The van der Waals surface area contributed by atoms with Gasteiger partial charge in [0.1, 0.15) is 0 Å². The molecular formula is C13H18N2O3. The van der Waals surface area contributed by atoms with E-state index in [1.165, 1.54) is 6.39 Å². The van der Waals surface area contributed by atoms with Crippen LogP contribution in [0.15, 0.2) is 10.8 Å². The monoisotopic (exact) mass is 250 g/mol. The third kappa shape index (κ3) is 2.27. The maximum atomic E-state index is 12.2. The van der Waals surface area contributed by atoms with Gasteiger partial charge in [-0.25, -0.2) is 4.98 Å². The van der Waals surface area contributed by atoms with E-state index in [2.05, 4.69) is 17.2 Å². The van der Waals surface area contributed by atoms with Crippen LogP contribution in [0, 0.1) is 5.92 Å². The first-order chi connectivity index (χ1) is 8.75. The number of hydrogen-bond donors (Lipinski definition) is 1. The topological polar surface area (TPSA) is 64.4 Å². The fourth-order valence-electron chi connectivity index (χ4n) is 2.40. The number of rotatable bonds is 3. The number of hydrogen-bond acceptors (Lipinski definition) is 4. The summed E-state index contributed by atoms with van der Waals surface area (Å²) in [5.74, 6) is 1.04. The third-order valence-corrected chi connectivity index (χ3v) is 3.72. The molecule has 2 fully saturated rings. The smallest absolute Gasteiger partial charge is 0.289 e. The molecule has 98 valence electrons. The van der Waals surface area contributed by atoms with Crippen molar-refractivity contribution in [1.82, 2.24) is 10.3 Å². The van der Waals surface area contributed by atoms with Crippen molar-refractivity contribution in [3.05, 3.63) is 17.8 Å². The molecule has 3 rings (SSSR count). The molecule has 1 aliphatic carbocycles. The first-order valence-corrected chi connectivity index (χ1v) is 6.57. The van der Waals surface area contributed by atoms with Crippen LogP contribution in [0.2, 0.25) is 0 Å². The third-order valence-electron chi connectivity index (χ3n) is 3.72. The quantitative estimate of drug-likeness (QED) is 0.887. The molecule has 1 aromatic rings. The van der Waals surface area contributed by atoms with E-state index in [0.717, 1.165) is 25.0 Å². The second-order valence-electron chi connectivity index (χ2n) is 5.26. The number of oxazole rings is 1. The molecule has 5 nitrogen and oxygen atoms in total. The van der Waals surface area contributed by atoms with Gasteiger partial charge in [-0.3, -0.25) is 4.79 Å². The first kappa shape index (κ1) is 11.7. The fourth-order valence-corrected chi connectivity index (χ4v) is 2.40. The van der Waals surface area contributed by atoms with Gasteiger partial charge in [-0.15, -0.1) is 0 Å². The highest BCUT2D eigenvalue weighted by atomic mass is 16.5. The van der Waals surface area contributed by atoms with Crippen molar-refractivity contribution in [3.63, 3.8) is 0 Å². The molecule has 0 spiro atoms. The van der Waals surface area contributed by atoms with Gasteiger partial charge in [0.05, 0.1) is 12.3 Å². The Labute approximate surface area is 106 Å². The lowest BCUT2D eigenvalue weighted by Crippen LogP contribution is -2.44. The van der Waals surface area contributed by atoms with E-state index in [0.29, 0.717) is 30.8 Å². The number of amides is 1. The molecule has 0 aromatic carbocycles. The first-order valence-electron chi connectivity index (χ1n) is 6.57. The van der Waals surface area contributed by atoms with E-state index in [1.54, 1.807) is 0 Å². The number of aromatic nitrogens is 1. The van der Waals surface area contributed by atoms with Gasteiger partial charge in [0.25, 0.3) is 5.91 Å². The standard InChI is InChI=1S/C13H18N2O3/c1-8-6-17-5-4-10(8)15-13(16)12-11(9-2-3-9)14-7-18-12/h7-10H,2-6H2,1H3,(H,15,16). The fraction of sp³-hybridized carbons (Fsp3) is 0.692. The van der Waals surface area contributed by atoms with Crippen molar-refractivity contribution in [3.8, 4) is 0 Å². The van der Waals surface area contributed by atoms with Crippen molar-refractivity contribution in [2.75, 3.05) is 13.2 Å². The molecule has 2 aliphatic rings. The maximum absolute atomic E-state index is 12.2. The summed E-state index contributed by atoms with van der Waals surface area (Å²) >= 11 is 0. The van der Waals surface area contributed by atoms with Crippen molar-refractivity contribution in [1.29, 1.82) is 0 Å². The summed E-state index contributed by atoms with van der Waals surface area (Å²) in [6, 6.07) is 0.170. The minimum Gasteiger partial charge on any atom is -0.438 e. The van der Waals surface area contributed by atoms with Crippen LogP contribution in [0.4, 0.5) is 0 Å². The summed E-state index contributed by atoms with van der Waals surface area (Å²) in [4.78, 5) is 16.3. The summed E-state index contributed by atoms with van der Waals surface area (Å²) in [5, 5.41) is 3.04. The number of ether oxygens (including phenoxy) is 1. The average molecular weight is 250 g/mol. The summed E-state index contributed by atoms with van der Waals surface area (Å²) in [7, 11) is 0. The molecule has 18 heavy (non-hydrogen) atoms. The number of nitrogens with zero attached hydrogens (tertiary/aromatic N) is 1. The number of nitrogens with one attached hydrogen (secondary N) is 1. The highest BCUT2D eigenvalue weighted by Gasteiger charge is 2.33. The molecular weight excluding hydrogens is 232 g/mol. The van der Waals surface area contributed by atoms with E-state index < -0.39 is 0 Å². The highest BCUT2D eigenvalue weighted by Crippen LogP contribution is 2.40. The van der Waals surface area contributed by atoms with E-state index in [-0.39, 0.29) is 11.9 Å². The minimum atomic E-state index is -0.131. The second-order valence-corrected chi connectivity index (χ2v) is 5.26. The van der Waals surface area contributed by atoms with Gasteiger partial charge >= 0.3 is 0 Å². The normalized spacial score (nSPS) is 28.1. The number of carbonyl (C=O) groups excluding carboxylic acids is 1. The molecule has 2 unspecified atom stereocenters. The summed E-state index contributed by atoms with van der Waals surface area (Å²) in [5.41, 5.74) is 0.826. The van der Waals surface area contributed by atoms with E-state index in [1.807, 2.05) is 0 Å². The Balaban J connectivity index is 1.68. The summed E-state index contributed by atoms with van der Waals surface area (Å²) in [6.07, 6.45) is 4.46. The maximum Gasteiger partial charge on any atom is 0.289 e. The van der Waals surface area contributed by atoms with Crippen LogP contribution in [0.1, 0.15) is 48.4 Å². The van der Waals surface area contributed by atoms with Crippen molar-refractivity contribution in [2.24, 2.45) is 5.92 Å². The van der Waals surface area contributed by atoms with Gasteiger partial charge in [0.15, 0.2) is 6.39 Å². The Morgan fingerprint density at radius 2 is 2.28 bits per heavy atom. The van der Waals surface area contributed by atoms with Crippen LogP contribution in [0.25, 0.3) is 0 Å². The molecule has 5 heteroatoms. The van der Waals surface area contributed by atoms with Crippen LogP contribution in [-0.4, -0.2) is 30.1 Å².